The Hall–Kier alpha value is -3.91. The highest BCUT2D eigenvalue weighted by molar-refractivity contribution is 7.99. The number of nitrogens with zero attached hydrogens (tertiary/aromatic N) is 4. The van der Waals surface area contributed by atoms with Crippen molar-refractivity contribution in [1.82, 2.24) is 20.1 Å². The van der Waals surface area contributed by atoms with Gasteiger partial charge in [0.2, 0.25) is 5.91 Å². The summed E-state index contributed by atoms with van der Waals surface area (Å²) in [5.74, 6) is 0.731. The standard InChI is InChI=1S/C30H31N5O2S/c1-20-8-6-10-24(16-20)29(37)31-18-27-32-33-30(35(27)26-17-21(2)13-14-22(26)3)38-19-28(36)34-15-7-11-23-9-4-5-12-25(23)34/h4-6,8-10,12-14,16-17H,7,11,15,18-19H2,1-3H3,(H,31,37). The second kappa shape index (κ2) is 11.2. The lowest BCUT2D eigenvalue weighted by molar-refractivity contribution is -0.116. The van der Waals surface area contributed by atoms with Crippen LogP contribution >= 0.6 is 11.8 Å². The van der Waals surface area contributed by atoms with Gasteiger partial charge in [0, 0.05) is 17.8 Å². The first kappa shape index (κ1) is 25.7. The van der Waals surface area contributed by atoms with E-state index >= 15 is 0 Å². The zero-order chi connectivity index (χ0) is 26.6. The van der Waals surface area contributed by atoms with Gasteiger partial charge in [-0.2, -0.15) is 0 Å². The van der Waals surface area contributed by atoms with Crippen LogP contribution in [0, 0.1) is 20.8 Å². The molecule has 4 aromatic rings. The average molecular weight is 526 g/mol. The van der Waals surface area contributed by atoms with Crippen molar-refractivity contribution in [2.75, 3.05) is 17.2 Å². The van der Waals surface area contributed by atoms with Crippen molar-refractivity contribution in [3.63, 3.8) is 0 Å². The molecular formula is C30H31N5O2S. The van der Waals surface area contributed by atoms with E-state index in [1.54, 1.807) is 6.07 Å². The lowest BCUT2D eigenvalue weighted by atomic mass is 10.0. The zero-order valence-electron chi connectivity index (χ0n) is 21.9. The molecule has 2 amide bonds. The molecule has 1 aromatic heterocycles. The summed E-state index contributed by atoms with van der Waals surface area (Å²) >= 11 is 1.37. The van der Waals surface area contributed by atoms with Gasteiger partial charge in [0.05, 0.1) is 18.0 Å². The maximum atomic E-state index is 13.3. The van der Waals surface area contributed by atoms with Gasteiger partial charge in [-0.15, -0.1) is 10.2 Å². The summed E-state index contributed by atoms with van der Waals surface area (Å²) in [5, 5.41) is 12.5. The quantitative estimate of drug-likeness (QED) is 0.336. The lowest BCUT2D eigenvalue weighted by Crippen LogP contribution is -2.36. The summed E-state index contributed by atoms with van der Waals surface area (Å²) in [4.78, 5) is 28.0. The number of hydrogen-bond acceptors (Lipinski definition) is 5. The molecule has 7 nitrogen and oxygen atoms in total. The molecule has 0 aliphatic carbocycles. The number of hydrogen-bond donors (Lipinski definition) is 1. The molecule has 0 spiro atoms. The van der Waals surface area contributed by atoms with Crippen molar-refractivity contribution < 1.29 is 9.59 Å². The first-order valence-corrected chi connectivity index (χ1v) is 13.8. The van der Waals surface area contributed by atoms with E-state index in [0.29, 0.717) is 16.5 Å². The third-order valence-corrected chi connectivity index (χ3v) is 7.64. The molecule has 0 radical (unpaired) electrons. The molecule has 194 valence electrons. The van der Waals surface area contributed by atoms with Gasteiger partial charge < -0.3 is 10.2 Å². The van der Waals surface area contributed by atoms with Crippen LogP contribution in [0.25, 0.3) is 5.69 Å². The van der Waals surface area contributed by atoms with Crippen molar-refractivity contribution >= 4 is 29.3 Å². The number of fused-ring (bicyclic) bond motifs is 1. The number of para-hydroxylation sites is 1. The largest absolute Gasteiger partial charge is 0.345 e. The van der Waals surface area contributed by atoms with E-state index in [9.17, 15) is 9.59 Å². The minimum Gasteiger partial charge on any atom is -0.345 e. The number of carbonyl (C=O) groups is 2. The highest BCUT2D eigenvalue weighted by Crippen LogP contribution is 2.29. The van der Waals surface area contributed by atoms with Crippen LogP contribution < -0.4 is 10.2 Å². The maximum Gasteiger partial charge on any atom is 0.251 e. The van der Waals surface area contributed by atoms with Gasteiger partial charge in [0.25, 0.3) is 5.91 Å². The molecule has 0 atom stereocenters. The van der Waals surface area contributed by atoms with Crippen LogP contribution in [0.4, 0.5) is 5.69 Å². The highest BCUT2D eigenvalue weighted by Gasteiger charge is 2.24. The molecule has 1 aliphatic heterocycles. The van der Waals surface area contributed by atoms with Crippen molar-refractivity contribution in [2.24, 2.45) is 0 Å². The molecule has 0 unspecified atom stereocenters. The second-order valence-corrected chi connectivity index (χ2v) is 10.6. The topological polar surface area (TPSA) is 80.1 Å². The van der Waals surface area contributed by atoms with Crippen molar-refractivity contribution in [1.29, 1.82) is 0 Å². The van der Waals surface area contributed by atoms with Crippen LogP contribution in [-0.4, -0.2) is 38.9 Å². The first-order valence-electron chi connectivity index (χ1n) is 12.8. The van der Waals surface area contributed by atoms with Crippen molar-refractivity contribution in [3.8, 4) is 5.69 Å². The van der Waals surface area contributed by atoms with Crippen LogP contribution in [0.1, 0.15) is 44.9 Å². The molecule has 8 heteroatoms. The van der Waals surface area contributed by atoms with Gasteiger partial charge in [0.15, 0.2) is 11.0 Å². The van der Waals surface area contributed by atoms with Crippen molar-refractivity contribution in [3.05, 3.63) is 100 Å². The van der Waals surface area contributed by atoms with Gasteiger partial charge in [-0.3, -0.25) is 14.2 Å². The fourth-order valence-electron chi connectivity index (χ4n) is 4.76. The first-order chi connectivity index (χ1) is 18.4. The van der Waals surface area contributed by atoms with Gasteiger partial charge in [-0.25, -0.2) is 0 Å². The minimum atomic E-state index is -0.169. The smallest absolute Gasteiger partial charge is 0.251 e. The summed E-state index contributed by atoms with van der Waals surface area (Å²) < 4.78 is 1.96. The normalized spacial score (nSPS) is 12.8. The fourth-order valence-corrected chi connectivity index (χ4v) is 5.59. The number of amides is 2. The molecule has 38 heavy (non-hydrogen) atoms. The van der Waals surface area contributed by atoms with Crippen LogP contribution in [0.2, 0.25) is 0 Å². The third-order valence-electron chi connectivity index (χ3n) is 6.73. The zero-order valence-corrected chi connectivity index (χ0v) is 22.7. The second-order valence-electron chi connectivity index (χ2n) is 9.64. The number of anilines is 1. The molecule has 0 saturated heterocycles. The molecule has 0 bridgehead atoms. The Morgan fingerprint density at radius 3 is 2.58 bits per heavy atom. The Balaban J connectivity index is 1.39. The number of rotatable bonds is 7. The molecule has 1 aliphatic rings. The fraction of sp³-hybridized carbons (Fsp3) is 0.267. The third kappa shape index (κ3) is 5.50. The number of carbonyl (C=O) groups excluding carboxylic acids is 2. The molecule has 1 N–H and O–H groups in total. The molecule has 0 saturated carbocycles. The lowest BCUT2D eigenvalue weighted by Gasteiger charge is -2.29. The number of aryl methyl sites for hydroxylation is 4. The van der Waals surface area contributed by atoms with E-state index in [2.05, 4.69) is 39.8 Å². The Morgan fingerprint density at radius 2 is 1.74 bits per heavy atom. The van der Waals surface area contributed by atoms with Crippen LogP contribution in [0.15, 0.2) is 71.9 Å². The van der Waals surface area contributed by atoms with Gasteiger partial charge in [0.1, 0.15) is 0 Å². The van der Waals surface area contributed by atoms with E-state index in [4.69, 9.17) is 0 Å². The van der Waals surface area contributed by atoms with Crippen LogP contribution in [-0.2, 0) is 17.8 Å². The van der Waals surface area contributed by atoms with Crippen LogP contribution in [0.3, 0.4) is 0 Å². The molecule has 5 rings (SSSR count). The van der Waals surface area contributed by atoms with Gasteiger partial charge >= 0.3 is 0 Å². The summed E-state index contributed by atoms with van der Waals surface area (Å²) in [6.45, 7) is 6.96. The number of benzene rings is 3. The summed E-state index contributed by atoms with van der Waals surface area (Å²) in [7, 11) is 0. The Morgan fingerprint density at radius 1 is 0.921 bits per heavy atom. The minimum absolute atomic E-state index is 0.0481. The molecule has 0 fully saturated rings. The summed E-state index contributed by atoms with van der Waals surface area (Å²) in [6.07, 6.45) is 1.95. The Labute approximate surface area is 227 Å². The van der Waals surface area contributed by atoms with E-state index in [-0.39, 0.29) is 24.1 Å². The molecule has 3 aromatic carbocycles. The number of nitrogens with one attached hydrogen (secondary N) is 1. The molecule has 2 heterocycles. The highest BCUT2D eigenvalue weighted by atomic mass is 32.2. The van der Waals surface area contributed by atoms with E-state index < -0.39 is 0 Å². The van der Waals surface area contributed by atoms with E-state index in [1.165, 1.54) is 17.3 Å². The van der Waals surface area contributed by atoms with Gasteiger partial charge in [-0.05, 0) is 74.6 Å². The van der Waals surface area contributed by atoms with Crippen molar-refractivity contribution in [2.45, 2.75) is 45.3 Å². The number of aromatic nitrogens is 3. The monoisotopic (exact) mass is 525 g/mol. The maximum absolute atomic E-state index is 13.3. The number of thioether (sulfide) groups is 1. The van der Waals surface area contributed by atoms with Crippen LogP contribution in [0.5, 0.6) is 0 Å². The average Bonchev–Trinajstić information content (AvgIpc) is 3.33. The van der Waals surface area contributed by atoms with E-state index in [0.717, 1.165) is 47.5 Å². The molecular weight excluding hydrogens is 494 g/mol. The summed E-state index contributed by atoms with van der Waals surface area (Å²) in [5.41, 5.74) is 6.93. The Kier molecular flexibility index (Phi) is 7.60. The van der Waals surface area contributed by atoms with Gasteiger partial charge in [-0.1, -0.05) is 59.8 Å². The summed E-state index contributed by atoms with van der Waals surface area (Å²) in [6, 6.07) is 21.8. The van der Waals surface area contributed by atoms with E-state index in [1.807, 2.05) is 66.6 Å². The SMILES string of the molecule is Cc1cccc(C(=O)NCc2nnc(SCC(=O)N3CCCc4ccccc43)n2-c2cc(C)ccc2C)c1. The Bertz CT molecular complexity index is 1500. The predicted molar refractivity (Wildman–Crippen MR) is 151 cm³/mol. The predicted octanol–water partition coefficient (Wildman–Crippen LogP) is 5.19.